The van der Waals surface area contributed by atoms with Crippen LogP contribution in [-0.2, 0) is 14.3 Å². The van der Waals surface area contributed by atoms with Crippen molar-refractivity contribution in [2.45, 2.75) is 25.0 Å². The number of ether oxygens (including phenoxy) is 2. The second-order valence-corrected chi connectivity index (χ2v) is 7.43. The van der Waals surface area contributed by atoms with Crippen molar-refractivity contribution >= 4 is 12.1 Å². The maximum absolute atomic E-state index is 12.3. The first kappa shape index (κ1) is 22.5. The van der Waals surface area contributed by atoms with E-state index in [1.165, 1.54) is 6.08 Å². The SMILES string of the molecule is C=CCOC(=O)CNCC(O)[C@H](C)NC(=O)OCC1c2ccccc2-c2ccccc21. The number of nitrogens with one attached hydrogen (secondary N) is 2. The van der Waals surface area contributed by atoms with Gasteiger partial charge in [-0.25, -0.2) is 4.79 Å². The second kappa shape index (κ2) is 10.7. The molecule has 0 fully saturated rings. The topological polar surface area (TPSA) is 96.9 Å². The van der Waals surface area contributed by atoms with Gasteiger partial charge in [-0.15, -0.1) is 0 Å². The van der Waals surface area contributed by atoms with Gasteiger partial charge >= 0.3 is 12.1 Å². The van der Waals surface area contributed by atoms with Crippen LogP contribution in [0.5, 0.6) is 0 Å². The quantitative estimate of drug-likeness (QED) is 0.401. The van der Waals surface area contributed by atoms with Crippen LogP contribution in [0.3, 0.4) is 0 Å². The van der Waals surface area contributed by atoms with E-state index in [4.69, 9.17) is 9.47 Å². The number of hydrogen-bond acceptors (Lipinski definition) is 6. The van der Waals surface area contributed by atoms with E-state index >= 15 is 0 Å². The summed E-state index contributed by atoms with van der Waals surface area (Å²) in [5.41, 5.74) is 4.59. The molecule has 2 aromatic carbocycles. The highest BCUT2D eigenvalue weighted by molar-refractivity contribution is 5.79. The van der Waals surface area contributed by atoms with Crippen LogP contribution in [0.15, 0.2) is 61.2 Å². The molecule has 1 aliphatic rings. The van der Waals surface area contributed by atoms with E-state index in [2.05, 4.69) is 41.5 Å². The maximum atomic E-state index is 12.3. The van der Waals surface area contributed by atoms with Crippen LogP contribution in [0.1, 0.15) is 24.0 Å². The van der Waals surface area contributed by atoms with Crippen molar-refractivity contribution in [3.8, 4) is 11.1 Å². The Bertz CT molecular complexity index is 884. The lowest BCUT2D eigenvalue weighted by Gasteiger charge is -2.21. The minimum Gasteiger partial charge on any atom is -0.461 e. The predicted octanol–water partition coefficient (Wildman–Crippen LogP) is 2.59. The lowest BCUT2D eigenvalue weighted by atomic mass is 9.98. The largest absolute Gasteiger partial charge is 0.461 e. The summed E-state index contributed by atoms with van der Waals surface area (Å²) >= 11 is 0. The Morgan fingerprint density at radius 2 is 1.71 bits per heavy atom. The molecule has 0 aliphatic heterocycles. The van der Waals surface area contributed by atoms with Gasteiger partial charge < -0.3 is 25.2 Å². The summed E-state index contributed by atoms with van der Waals surface area (Å²) in [6, 6.07) is 15.7. The van der Waals surface area contributed by atoms with Gasteiger partial charge in [-0.3, -0.25) is 4.79 Å². The van der Waals surface area contributed by atoms with Crippen molar-refractivity contribution in [1.82, 2.24) is 10.6 Å². The fourth-order valence-electron chi connectivity index (χ4n) is 3.62. The van der Waals surface area contributed by atoms with E-state index in [0.717, 1.165) is 22.3 Å². The predicted molar refractivity (Wildman–Crippen MR) is 118 cm³/mol. The molecule has 1 aliphatic carbocycles. The van der Waals surface area contributed by atoms with E-state index < -0.39 is 24.2 Å². The van der Waals surface area contributed by atoms with Gasteiger partial charge in [-0.1, -0.05) is 61.2 Å². The van der Waals surface area contributed by atoms with E-state index in [0.29, 0.717) is 0 Å². The first-order valence-corrected chi connectivity index (χ1v) is 10.3. The van der Waals surface area contributed by atoms with Gasteiger partial charge in [-0.2, -0.15) is 0 Å². The molecule has 0 aromatic heterocycles. The minimum absolute atomic E-state index is 0.0263. The number of carbonyl (C=O) groups is 2. The summed E-state index contributed by atoms with van der Waals surface area (Å²) in [4.78, 5) is 23.7. The minimum atomic E-state index is -0.896. The van der Waals surface area contributed by atoms with E-state index in [9.17, 15) is 14.7 Å². The molecule has 3 rings (SSSR count). The molecule has 1 amide bonds. The Morgan fingerprint density at radius 1 is 1.10 bits per heavy atom. The molecular formula is C24H28N2O5. The number of hydrogen-bond donors (Lipinski definition) is 3. The Kier molecular flexibility index (Phi) is 7.81. The summed E-state index contributed by atoms with van der Waals surface area (Å²) in [6.07, 6.45) is -0.0147. The molecule has 1 unspecified atom stereocenters. The zero-order valence-electron chi connectivity index (χ0n) is 17.5. The monoisotopic (exact) mass is 424 g/mol. The Hall–Kier alpha value is -3.16. The molecule has 0 radical (unpaired) electrons. The van der Waals surface area contributed by atoms with Crippen molar-refractivity contribution in [2.24, 2.45) is 0 Å². The molecule has 0 saturated carbocycles. The summed E-state index contributed by atoms with van der Waals surface area (Å²) in [6.45, 7) is 5.56. The lowest BCUT2D eigenvalue weighted by molar-refractivity contribution is -0.141. The third-order valence-electron chi connectivity index (χ3n) is 5.25. The number of aliphatic hydroxyl groups is 1. The Labute approximate surface area is 182 Å². The third kappa shape index (κ3) is 5.71. The smallest absolute Gasteiger partial charge is 0.407 e. The molecule has 0 heterocycles. The normalized spacial score (nSPS) is 14.1. The number of carbonyl (C=O) groups excluding carboxylic acids is 2. The Morgan fingerprint density at radius 3 is 2.32 bits per heavy atom. The molecule has 7 nitrogen and oxygen atoms in total. The van der Waals surface area contributed by atoms with Crippen LogP contribution < -0.4 is 10.6 Å². The van der Waals surface area contributed by atoms with E-state index in [1.54, 1.807) is 6.92 Å². The fraction of sp³-hybridized carbons (Fsp3) is 0.333. The molecular weight excluding hydrogens is 396 g/mol. The van der Waals surface area contributed by atoms with E-state index in [-0.39, 0.29) is 32.2 Å². The van der Waals surface area contributed by atoms with Crippen LogP contribution in [0, 0.1) is 0 Å². The highest BCUT2D eigenvalue weighted by Crippen LogP contribution is 2.44. The van der Waals surface area contributed by atoms with Crippen LogP contribution in [0.2, 0.25) is 0 Å². The number of benzene rings is 2. The van der Waals surface area contributed by atoms with Crippen molar-refractivity contribution in [2.75, 3.05) is 26.3 Å². The number of rotatable bonds is 10. The number of amides is 1. The van der Waals surface area contributed by atoms with Crippen molar-refractivity contribution in [3.05, 3.63) is 72.3 Å². The van der Waals surface area contributed by atoms with Gasteiger partial charge in [0.1, 0.15) is 13.2 Å². The molecule has 0 saturated heterocycles. The van der Waals surface area contributed by atoms with Crippen LogP contribution in [0.25, 0.3) is 11.1 Å². The highest BCUT2D eigenvalue weighted by Gasteiger charge is 2.29. The number of alkyl carbamates (subject to hydrolysis) is 1. The van der Waals surface area contributed by atoms with E-state index in [1.807, 2.05) is 24.3 Å². The van der Waals surface area contributed by atoms with Gasteiger partial charge in [0.25, 0.3) is 0 Å². The Balaban J connectivity index is 1.47. The van der Waals surface area contributed by atoms with Gasteiger partial charge in [0.15, 0.2) is 0 Å². The third-order valence-corrected chi connectivity index (χ3v) is 5.25. The van der Waals surface area contributed by atoms with Crippen molar-refractivity contribution < 1.29 is 24.2 Å². The van der Waals surface area contributed by atoms with Crippen molar-refractivity contribution in [1.29, 1.82) is 0 Å². The molecule has 0 spiro atoms. The van der Waals surface area contributed by atoms with Crippen molar-refractivity contribution in [3.63, 3.8) is 0 Å². The van der Waals surface area contributed by atoms with Crippen LogP contribution >= 0.6 is 0 Å². The van der Waals surface area contributed by atoms with Gasteiger partial charge in [0.2, 0.25) is 0 Å². The second-order valence-electron chi connectivity index (χ2n) is 7.43. The molecule has 3 N–H and O–H groups in total. The molecule has 2 atom stereocenters. The first-order chi connectivity index (χ1) is 15.0. The first-order valence-electron chi connectivity index (χ1n) is 10.3. The van der Waals surface area contributed by atoms with Gasteiger partial charge in [0, 0.05) is 12.5 Å². The van der Waals surface area contributed by atoms with Crippen LogP contribution in [0.4, 0.5) is 4.79 Å². The van der Waals surface area contributed by atoms with Gasteiger partial charge in [-0.05, 0) is 29.2 Å². The summed E-state index contributed by atoms with van der Waals surface area (Å²) < 4.78 is 10.3. The average Bonchev–Trinajstić information content (AvgIpc) is 3.10. The maximum Gasteiger partial charge on any atom is 0.407 e. The lowest BCUT2D eigenvalue weighted by Crippen LogP contribution is -2.46. The summed E-state index contributed by atoms with van der Waals surface area (Å²) in [5.74, 6) is -0.467. The molecule has 164 valence electrons. The van der Waals surface area contributed by atoms with Crippen LogP contribution in [-0.4, -0.2) is 55.6 Å². The highest BCUT2D eigenvalue weighted by atomic mass is 16.5. The fourth-order valence-corrected chi connectivity index (χ4v) is 3.62. The molecule has 0 bridgehead atoms. The number of fused-ring (bicyclic) bond motifs is 3. The summed E-state index contributed by atoms with van der Waals surface area (Å²) in [5, 5.41) is 15.6. The summed E-state index contributed by atoms with van der Waals surface area (Å²) in [7, 11) is 0. The number of aliphatic hydroxyl groups excluding tert-OH is 1. The zero-order valence-corrected chi connectivity index (χ0v) is 17.5. The zero-order chi connectivity index (χ0) is 22.2. The molecule has 2 aromatic rings. The van der Waals surface area contributed by atoms with Gasteiger partial charge in [0.05, 0.1) is 18.7 Å². The standard InChI is InChI=1S/C24H28N2O5/c1-3-12-30-23(28)14-25-13-22(27)16(2)26-24(29)31-15-21-19-10-6-4-8-17(19)18-9-5-7-11-20(18)21/h3-11,16,21-22,25,27H,1,12-15H2,2H3,(H,26,29)/t16-,22?/m0/s1. The average molecular weight is 424 g/mol. The number of esters is 1. The molecule has 31 heavy (non-hydrogen) atoms. The molecule has 7 heteroatoms.